The van der Waals surface area contributed by atoms with Crippen LogP contribution in [0.25, 0.3) is 0 Å². The van der Waals surface area contributed by atoms with Gasteiger partial charge in [-0.15, -0.1) is 0 Å². The van der Waals surface area contributed by atoms with E-state index in [1.165, 1.54) is 4.90 Å². The van der Waals surface area contributed by atoms with Crippen molar-refractivity contribution in [2.24, 2.45) is 5.73 Å². The van der Waals surface area contributed by atoms with E-state index < -0.39 is 17.7 Å². The fourth-order valence-corrected chi connectivity index (χ4v) is 1.26. The molecule has 0 saturated carbocycles. The average molecular weight is 246 g/mol. The summed E-state index contributed by atoms with van der Waals surface area (Å²) in [6.45, 7) is 6.96. The molecule has 0 heterocycles. The van der Waals surface area contributed by atoms with Gasteiger partial charge in [-0.2, -0.15) is 0 Å². The number of aliphatic carboxylic acids is 1. The Labute approximate surface area is 102 Å². The first-order chi connectivity index (χ1) is 7.67. The maximum atomic E-state index is 11.8. The summed E-state index contributed by atoms with van der Waals surface area (Å²) in [5, 5.41) is 8.77. The highest BCUT2D eigenvalue weighted by Gasteiger charge is 2.27. The Bertz CT molecular complexity index is 273. The number of hydrogen-bond acceptors (Lipinski definition) is 4. The van der Waals surface area contributed by atoms with Crippen LogP contribution >= 0.6 is 0 Å². The lowest BCUT2D eigenvalue weighted by Crippen LogP contribution is -2.45. The number of amides is 1. The third-order valence-corrected chi connectivity index (χ3v) is 2.05. The normalized spacial score (nSPS) is 13.0. The highest BCUT2D eigenvalue weighted by molar-refractivity contribution is 5.77. The number of carbonyl (C=O) groups excluding carboxylic acids is 1. The molecule has 0 aliphatic carbocycles. The average Bonchev–Trinajstić information content (AvgIpc) is 2.11. The van der Waals surface area contributed by atoms with Gasteiger partial charge in [0.2, 0.25) is 0 Å². The quantitative estimate of drug-likeness (QED) is 0.756. The summed E-state index contributed by atoms with van der Waals surface area (Å²) in [6.07, 6.45) is -0.0900. The van der Waals surface area contributed by atoms with Gasteiger partial charge in [-0.3, -0.25) is 9.69 Å². The van der Waals surface area contributed by atoms with Gasteiger partial charge in [0.05, 0.1) is 0 Å². The minimum atomic E-state index is -1.07. The Morgan fingerprint density at radius 1 is 1.41 bits per heavy atom. The van der Waals surface area contributed by atoms with Gasteiger partial charge in [0, 0.05) is 6.04 Å². The minimum absolute atomic E-state index is 0.258. The number of carboxylic acids is 1. The van der Waals surface area contributed by atoms with Gasteiger partial charge in [0.1, 0.15) is 12.1 Å². The molecule has 0 unspecified atom stereocenters. The van der Waals surface area contributed by atoms with E-state index in [1.54, 1.807) is 27.7 Å². The lowest BCUT2D eigenvalue weighted by Gasteiger charge is -2.30. The number of nitrogens with two attached hydrogens (primary N) is 1. The molecule has 0 aromatic rings. The Balaban J connectivity index is 4.67. The second-order valence-corrected chi connectivity index (χ2v) is 4.93. The van der Waals surface area contributed by atoms with Gasteiger partial charge in [-0.05, 0) is 40.7 Å². The number of hydrogen-bond donors (Lipinski definition) is 2. The zero-order valence-electron chi connectivity index (χ0n) is 10.9. The summed E-state index contributed by atoms with van der Waals surface area (Å²) in [5.74, 6) is -1.07. The second kappa shape index (κ2) is 6.44. The topological polar surface area (TPSA) is 92.9 Å². The molecule has 0 aliphatic rings. The van der Waals surface area contributed by atoms with E-state index in [9.17, 15) is 9.59 Å². The zero-order valence-corrected chi connectivity index (χ0v) is 10.9. The molecule has 6 nitrogen and oxygen atoms in total. The van der Waals surface area contributed by atoms with E-state index in [2.05, 4.69) is 0 Å². The highest BCUT2D eigenvalue weighted by atomic mass is 16.6. The first-order valence-corrected chi connectivity index (χ1v) is 5.59. The van der Waals surface area contributed by atoms with Crippen molar-refractivity contribution in [2.75, 3.05) is 13.1 Å². The molecule has 0 saturated heterocycles. The van der Waals surface area contributed by atoms with Gasteiger partial charge in [-0.1, -0.05) is 0 Å². The first-order valence-electron chi connectivity index (χ1n) is 5.59. The Morgan fingerprint density at radius 3 is 2.29 bits per heavy atom. The fraction of sp³-hybridized carbons (Fsp3) is 0.818. The van der Waals surface area contributed by atoms with Gasteiger partial charge < -0.3 is 15.6 Å². The standard InChI is InChI=1S/C11H22N2O4/c1-8(5-6-12)13(7-9(14)15)10(16)17-11(2,3)4/h8H,5-7,12H2,1-4H3,(H,14,15)/t8-/m1/s1. The predicted molar refractivity (Wildman–Crippen MR) is 63.7 cm³/mol. The summed E-state index contributed by atoms with van der Waals surface area (Å²) in [7, 11) is 0. The maximum absolute atomic E-state index is 11.8. The van der Waals surface area contributed by atoms with Crippen LogP contribution in [0.1, 0.15) is 34.1 Å². The third-order valence-electron chi connectivity index (χ3n) is 2.05. The maximum Gasteiger partial charge on any atom is 0.411 e. The largest absolute Gasteiger partial charge is 0.480 e. The number of ether oxygens (including phenoxy) is 1. The highest BCUT2D eigenvalue weighted by Crippen LogP contribution is 2.13. The zero-order chi connectivity index (χ0) is 13.6. The predicted octanol–water partition coefficient (Wildman–Crippen LogP) is 1.05. The van der Waals surface area contributed by atoms with E-state index >= 15 is 0 Å². The molecule has 0 aliphatic heterocycles. The molecule has 0 rings (SSSR count). The minimum Gasteiger partial charge on any atom is -0.480 e. The SMILES string of the molecule is C[C@H](CCN)N(CC(=O)O)C(=O)OC(C)(C)C. The van der Waals surface area contributed by atoms with Crippen molar-refractivity contribution < 1.29 is 19.4 Å². The summed E-state index contributed by atoms with van der Waals surface area (Å²) in [6, 6.07) is -0.258. The molecule has 0 fully saturated rings. The monoisotopic (exact) mass is 246 g/mol. The fourth-order valence-electron chi connectivity index (χ4n) is 1.26. The van der Waals surface area contributed by atoms with E-state index in [1.807, 2.05) is 0 Å². The van der Waals surface area contributed by atoms with Gasteiger partial charge in [-0.25, -0.2) is 4.79 Å². The van der Waals surface area contributed by atoms with Crippen LogP contribution in [0.15, 0.2) is 0 Å². The van der Waals surface area contributed by atoms with Crippen LogP contribution in [0.2, 0.25) is 0 Å². The summed E-state index contributed by atoms with van der Waals surface area (Å²) in [4.78, 5) is 23.7. The Kier molecular flexibility index (Phi) is 5.95. The lowest BCUT2D eigenvalue weighted by atomic mass is 10.2. The number of carboxylic acid groups (broad SMARTS) is 1. The lowest BCUT2D eigenvalue weighted by molar-refractivity contribution is -0.138. The van der Waals surface area contributed by atoms with Crippen molar-refractivity contribution in [1.82, 2.24) is 4.90 Å². The Morgan fingerprint density at radius 2 is 1.94 bits per heavy atom. The molecule has 1 atom stereocenters. The molecule has 3 N–H and O–H groups in total. The molecular formula is C11H22N2O4. The van der Waals surface area contributed by atoms with E-state index in [0.29, 0.717) is 13.0 Å². The second-order valence-electron chi connectivity index (χ2n) is 4.93. The van der Waals surface area contributed by atoms with Crippen LogP contribution in [0.3, 0.4) is 0 Å². The molecule has 1 amide bonds. The van der Waals surface area contributed by atoms with Crippen LogP contribution in [0, 0.1) is 0 Å². The van der Waals surface area contributed by atoms with Crippen molar-refractivity contribution in [3.63, 3.8) is 0 Å². The van der Waals surface area contributed by atoms with E-state index in [0.717, 1.165) is 0 Å². The van der Waals surface area contributed by atoms with Gasteiger partial charge in [0.15, 0.2) is 0 Å². The molecule has 0 aromatic carbocycles. The van der Waals surface area contributed by atoms with Crippen molar-refractivity contribution in [3.8, 4) is 0 Å². The van der Waals surface area contributed by atoms with Crippen molar-refractivity contribution in [3.05, 3.63) is 0 Å². The third kappa shape index (κ3) is 6.78. The smallest absolute Gasteiger partial charge is 0.411 e. The number of nitrogens with zero attached hydrogens (tertiary/aromatic N) is 1. The van der Waals surface area contributed by atoms with Gasteiger partial charge >= 0.3 is 12.1 Å². The number of carbonyl (C=O) groups is 2. The molecule has 0 bridgehead atoms. The molecule has 0 spiro atoms. The van der Waals surface area contributed by atoms with Crippen molar-refractivity contribution >= 4 is 12.1 Å². The number of rotatable bonds is 5. The van der Waals surface area contributed by atoms with Gasteiger partial charge in [0.25, 0.3) is 0 Å². The van der Waals surface area contributed by atoms with E-state index in [-0.39, 0.29) is 12.6 Å². The molecule has 0 aromatic heterocycles. The summed E-state index contributed by atoms with van der Waals surface area (Å²) in [5.41, 5.74) is 4.76. The van der Waals surface area contributed by atoms with Crippen LogP contribution in [-0.2, 0) is 9.53 Å². The molecule has 0 radical (unpaired) electrons. The molecule has 17 heavy (non-hydrogen) atoms. The summed E-state index contributed by atoms with van der Waals surface area (Å²) >= 11 is 0. The summed E-state index contributed by atoms with van der Waals surface area (Å²) < 4.78 is 5.15. The molecular weight excluding hydrogens is 224 g/mol. The van der Waals surface area contributed by atoms with E-state index in [4.69, 9.17) is 15.6 Å². The Hall–Kier alpha value is -1.30. The van der Waals surface area contributed by atoms with Crippen molar-refractivity contribution in [1.29, 1.82) is 0 Å². The molecule has 6 heteroatoms. The van der Waals surface area contributed by atoms with Crippen LogP contribution < -0.4 is 5.73 Å². The van der Waals surface area contributed by atoms with Crippen LogP contribution in [0.4, 0.5) is 4.79 Å². The van der Waals surface area contributed by atoms with Crippen LogP contribution in [-0.4, -0.2) is 46.8 Å². The first kappa shape index (κ1) is 15.7. The van der Waals surface area contributed by atoms with Crippen LogP contribution in [0.5, 0.6) is 0 Å². The van der Waals surface area contributed by atoms with Crippen molar-refractivity contribution in [2.45, 2.75) is 45.8 Å². The molecule has 100 valence electrons.